The summed E-state index contributed by atoms with van der Waals surface area (Å²) in [5.41, 5.74) is 0.896. The molecule has 1 heterocycles. The van der Waals surface area contributed by atoms with E-state index in [2.05, 4.69) is 5.32 Å². The summed E-state index contributed by atoms with van der Waals surface area (Å²) in [6, 6.07) is 10.3. The summed E-state index contributed by atoms with van der Waals surface area (Å²) >= 11 is 0. The smallest absolute Gasteiger partial charge is 0.262 e. The lowest BCUT2D eigenvalue weighted by molar-refractivity contribution is -0.118. The van der Waals surface area contributed by atoms with Gasteiger partial charge in [0, 0.05) is 12.2 Å². The first-order chi connectivity index (χ1) is 12.6. The van der Waals surface area contributed by atoms with Gasteiger partial charge in [0.05, 0.1) is 12.1 Å². The largest absolute Gasteiger partial charge is 0.491 e. The van der Waals surface area contributed by atoms with Crippen molar-refractivity contribution >= 4 is 17.5 Å². The second-order valence-electron chi connectivity index (χ2n) is 5.73. The van der Waals surface area contributed by atoms with Crippen LogP contribution < -0.4 is 14.8 Å². The Hall–Kier alpha value is -3.09. The van der Waals surface area contributed by atoms with Crippen LogP contribution >= 0.6 is 0 Å². The van der Waals surface area contributed by atoms with E-state index in [0.717, 1.165) is 0 Å². The molecule has 0 aromatic heterocycles. The number of nitrogens with zero attached hydrogens (tertiary/aromatic N) is 1. The summed E-state index contributed by atoms with van der Waals surface area (Å²) in [7, 11) is 0. The zero-order valence-electron chi connectivity index (χ0n) is 14.3. The number of fused-ring (bicyclic) bond motifs is 1. The maximum absolute atomic E-state index is 12.8. The Morgan fingerprint density at radius 1 is 1.27 bits per heavy atom. The zero-order valence-corrected chi connectivity index (χ0v) is 14.3. The van der Waals surface area contributed by atoms with E-state index in [0.29, 0.717) is 42.4 Å². The van der Waals surface area contributed by atoms with Crippen molar-refractivity contribution < 1.29 is 23.5 Å². The van der Waals surface area contributed by atoms with Gasteiger partial charge in [0.1, 0.15) is 23.9 Å². The number of likely N-dealkylation sites (N-methyl/N-ethyl adjacent to an activating group) is 1. The number of rotatable bonds is 5. The number of benzene rings is 2. The van der Waals surface area contributed by atoms with Crippen molar-refractivity contribution in [3.8, 4) is 11.5 Å². The molecule has 0 bridgehead atoms. The van der Waals surface area contributed by atoms with E-state index in [1.54, 1.807) is 23.1 Å². The van der Waals surface area contributed by atoms with Crippen molar-refractivity contribution in [2.45, 2.75) is 6.92 Å². The molecule has 2 aromatic carbocycles. The molecule has 7 heteroatoms. The Morgan fingerprint density at radius 2 is 2.04 bits per heavy atom. The summed E-state index contributed by atoms with van der Waals surface area (Å²) in [6.45, 7) is 3.22. The van der Waals surface area contributed by atoms with Gasteiger partial charge in [0.2, 0.25) is 0 Å². The molecule has 2 aromatic rings. The molecule has 26 heavy (non-hydrogen) atoms. The maximum atomic E-state index is 12.8. The van der Waals surface area contributed by atoms with Crippen LogP contribution in [0.5, 0.6) is 11.5 Å². The van der Waals surface area contributed by atoms with Gasteiger partial charge in [-0.25, -0.2) is 4.39 Å². The van der Waals surface area contributed by atoms with E-state index in [1.165, 1.54) is 24.3 Å². The van der Waals surface area contributed by atoms with Gasteiger partial charge < -0.3 is 19.7 Å². The highest BCUT2D eigenvalue weighted by molar-refractivity contribution is 6.00. The number of anilines is 1. The van der Waals surface area contributed by atoms with Gasteiger partial charge in [-0.3, -0.25) is 9.59 Å². The van der Waals surface area contributed by atoms with E-state index in [9.17, 15) is 14.0 Å². The molecule has 2 amide bonds. The second kappa shape index (κ2) is 7.86. The number of amides is 2. The van der Waals surface area contributed by atoms with Crippen LogP contribution in [0.15, 0.2) is 42.5 Å². The molecule has 1 N–H and O–H groups in total. The van der Waals surface area contributed by atoms with Gasteiger partial charge in [-0.05, 0) is 49.4 Å². The Morgan fingerprint density at radius 3 is 2.77 bits per heavy atom. The summed E-state index contributed by atoms with van der Waals surface area (Å²) in [6.07, 6.45) is 0. The third-order valence-corrected chi connectivity index (χ3v) is 3.96. The van der Waals surface area contributed by atoms with E-state index in [-0.39, 0.29) is 24.2 Å². The Bertz CT molecular complexity index is 808. The molecular formula is C19H19FN2O4. The SMILES string of the molecule is CCN1CCOc2ccc(NC(=O)COc3ccc(F)cc3)cc2C1=O. The van der Waals surface area contributed by atoms with Crippen molar-refractivity contribution in [2.24, 2.45) is 0 Å². The monoisotopic (exact) mass is 358 g/mol. The first-order valence-corrected chi connectivity index (χ1v) is 8.31. The average molecular weight is 358 g/mol. The predicted molar refractivity (Wildman–Crippen MR) is 94.0 cm³/mol. The van der Waals surface area contributed by atoms with Crippen LogP contribution in [-0.4, -0.2) is 43.0 Å². The van der Waals surface area contributed by atoms with Crippen LogP contribution in [0, 0.1) is 5.82 Å². The van der Waals surface area contributed by atoms with Gasteiger partial charge in [-0.1, -0.05) is 0 Å². The molecule has 0 saturated carbocycles. The maximum Gasteiger partial charge on any atom is 0.262 e. The zero-order chi connectivity index (χ0) is 18.5. The fourth-order valence-corrected chi connectivity index (χ4v) is 2.62. The van der Waals surface area contributed by atoms with E-state index >= 15 is 0 Å². The molecule has 136 valence electrons. The van der Waals surface area contributed by atoms with E-state index < -0.39 is 0 Å². The minimum absolute atomic E-state index is 0.126. The van der Waals surface area contributed by atoms with E-state index in [4.69, 9.17) is 9.47 Å². The summed E-state index contributed by atoms with van der Waals surface area (Å²) < 4.78 is 23.7. The van der Waals surface area contributed by atoms with Gasteiger partial charge in [0.25, 0.3) is 11.8 Å². The topological polar surface area (TPSA) is 67.9 Å². The fraction of sp³-hybridized carbons (Fsp3) is 0.263. The average Bonchev–Trinajstić information content (AvgIpc) is 2.80. The molecule has 0 atom stereocenters. The number of hydrogen-bond acceptors (Lipinski definition) is 4. The standard InChI is InChI=1S/C19H19FN2O4/c1-2-22-9-10-25-17-8-5-14(11-16(17)19(22)24)21-18(23)12-26-15-6-3-13(20)4-7-15/h3-8,11H,2,9-10,12H2,1H3,(H,21,23). The molecule has 1 aliphatic rings. The van der Waals surface area contributed by atoms with Crippen molar-refractivity contribution in [1.29, 1.82) is 0 Å². The lowest BCUT2D eigenvalue weighted by Gasteiger charge is -2.17. The highest BCUT2D eigenvalue weighted by Crippen LogP contribution is 2.26. The summed E-state index contributed by atoms with van der Waals surface area (Å²) in [5.74, 6) is 0.0132. The van der Waals surface area contributed by atoms with E-state index in [1.807, 2.05) is 6.92 Å². The molecule has 0 spiro atoms. The molecule has 1 aliphatic heterocycles. The van der Waals surface area contributed by atoms with Crippen LogP contribution in [0.3, 0.4) is 0 Å². The lowest BCUT2D eigenvalue weighted by atomic mass is 10.1. The Balaban J connectivity index is 1.65. The number of ether oxygens (including phenoxy) is 2. The molecule has 6 nitrogen and oxygen atoms in total. The summed E-state index contributed by atoms with van der Waals surface area (Å²) in [5, 5.41) is 2.68. The van der Waals surface area contributed by atoms with Gasteiger partial charge in [0.15, 0.2) is 6.61 Å². The molecule has 0 radical (unpaired) electrons. The van der Waals surface area contributed by atoms with Gasteiger partial charge in [-0.15, -0.1) is 0 Å². The fourth-order valence-electron chi connectivity index (χ4n) is 2.62. The predicted octanol–water partition coefficient (Wildman–Crippen LogP) is 2.70. The van der Waals surface area contributed by atoms with Crippen molar-refractivity contribution in [1.82, 2.24) is 4.90 Å². The van der Waals surface area contributed by atoms with Crippen molar-refractivity contribution in [2.75, 3.05) is 31.6 Å². The lowest BCUT2D eigenvalue weighted by Crippen LogP contribution is -2.32. The number of carbonyl (C=O) groups excluding carboxylic acids is 2. The molecule has 0 saturated heterocycles. The van der Waals surface area contributed by atoms with Crippen LogP contribution in [0.2, 0.25) is 0 Å². The first kappa shape index (κ1) is 17.7. The normalized spacial score (nSPS) is 13.5. The highest BCUT2D eigenvalue weighted by Gasteiger charge is 2.23. The van der Waals surface area contributed by atoms with Crippen molar-refractivity contribution in [3.05, 3.63) is 53.8 Å². The van der Waals surface area contributed by atoms with Crippen LogP contribution in [-0.2, 0) is 4.79 Å². The summed E-state index contributed by atoms with van der Waals surface area (Å²) in [4.78, 5) is 26.3. The Labute approximate surface area is 150 Å². The molecule has 0 aliphatic carbocycles. The van der Waals surface area contributed by atoms with Crippen molar-refractivity contribution in [3.63, 3.8) is 0 Å². The number of halogens is 1. The minimum atomic E-state index is -0.386. The minimum Gasteiger partial charge on any atom is -0.491 e. The molecular weight excluding hydrogens is 339 g/mol. The van der Waals surface area contributed by atoms with Crippen LogP contribution in [0.25, 0.3) is 0 Å². The first-order valence-electron chi connectivity index (χ1n) is 8.31. The highest BCUT2D eigenvalue weighted by atomic mass is 19.1. The third kappa shape index (κ3) is 4.11. The third-order valence-electron chi connectivity index (χ3n) is 3.96. The molecule has 0 fully saturated rings. The van der Waals surface area contributed by atoms with Gasteiger partial charge in [-0.2, -0.15) is 0 Å². The molecule has 0 unspecified atom stereocenters. The number of nitrogens with one attached hydrogen (secondary N) is 1. The second-order valence-corrected chi connectivity index (χ2v) is 5.73. The van der Waals surface area contributed by atoms with Crippen LogP contribution in [0.4, 0.5) is 10.1 Å². The quantitative estimate of drug-likeness (QED) is 0.892. The molecule has 3 rings (SSSR count). The van der Waals surface area contributed by atoms with Crippen LogP contribution in [0.1, 0.15) is 17.3 Å². The number of carbonyl (C=O) groups is 2. The van der Waals surface area contributed by atoms with Gasteiger partial charge >= 0.3 is 0 Å². The number of hydrogen-bond donors (Lipinski definition) is 1. The Kier molecular flexibility index (Phi) is 5.36.